The molecule has 0 aromatic carbocycles. The summed E-state index contributed by atoms with van der Waals surface area (Å²) in [6, 6.07) is 0. The number of carbonyl (C=O) groups excluding carboxylic acids is 1. The maximum atomic E-state index is 11.2. The minimum Gasteiger partial charge on any atom is -0.462 e. The monoisotopic (exact) mass is 246 g/mol. The molecule has 1 atom stereocenters. The van der Waals surface area contributed by atoms with Gasteiger partial charge in [0.1, 0.15) is 6.10 Å². The molecule has 0 aliphatic carbocycles. The van der Waals surface area contributed by atoms with Crippen molar-refractivity contribution in [2.75, 3.05) is 5.75 Å². The van der Waals surface area contributed by atoms with Crippen LogP contribution in [-0.4, -0.2) is 17.8 Å². The molecule has 0 aliphatic heterocycles. The summed E-state index contributed by atoms with van der Waals surface area (Å²) in [5.74, 6) is 0.0114. The van der Waals surface area contributed by atoms with Crippen LogP contribution < -0.4 is 0 Å². The molecule has 0 bridgehead atoms. The topological polar surface area (TPSA) is 26.3 Å². The number of hydrogen-bond acceptors (Lipinski definition) is 3. The summed E-state index contributed by atoms with van der Waals surface area (Å²) in [4.78, 5) is 11.2. The van der Waals surface area contributed by atoms with E-state index in [2.05, 4.69) is 26.5 Å². The molecule has 0 radical (unpaired) electrons. The second kappa shape index (κ2) is 11.3. The Balaban J connectivity index is 3.75. The molecule has 0 heterocycles. The van der Waals surface area contributed by atoms with Gasteiger partial charge in [-0.2, -0.15) is 12.6 Å². The van der Waals surface area contributed by atoms with Crippen molar-refractivity contribution < 1.29 is 9.53 Å². The van der Waals surface area contributed by atoms with Crippen LogP contribution in [-0.2, 0) is 9.53 Å². The van der Waals surface area contributed by atoms with E-state index in [1.165, 1.54) is 25.7 Å². The summed E-state index contributed by atoms with van der Waals surface area (Å²) in [5.41, 5.74) is 0. The summed E-state index contributed by atoms with van der Waals surface area (Å²) in [7, 11) is 0. The van der Waals surface area contributed by atoms with Gasteiger partial charge >= 0.3 is 5.97 Å². The van der Waals surface area contributed by atoms with Gasteiger partial charge in [0.25, 0.3) is 0 Å². The smallest absolute Gasteiger partial charge is 0.315 e. The number of hydrogen-bond donors (Lipinski definition) is 1. The van der Waals surface area contributed by atoms with E-state index >= 15 is 0 Å². The minimum absolute atomic E-state index is 0.122. The van der Waals surface area contributed by atoms with Crippen LogP contribution in [0.5, 0.6) is 0 Å². The normalized spacial score (nSPS) is 12.4. The molecule has 0 aliphatic rings. The summed E-state index contributed by atoms with van der Waals surface area (Å²) < 4.78 is 5.37. The van der Waals surface area contributed by atoms with Gasteiger partial charge in [0.05, 0.1) is 5.75 Å². The standard InChI is InChI=1S/C13H26O2S/c1-3-5-7-8-10-12(9-6-4-2)15-13(14)11-16/h12,16H,3-11H2,1-2H3. The first-order valence-corrected chi connectivity index (χ1v) is 7.18. The quantitative estimate of drug-likeness (QED) is 0.358. The number of esters is 1. The lowest BCUT2D eigenvalue weighted by atomic mass is 10.0. The molecule has 0 saturated carbocycles. The SMILES string of the molecule is CCCCCCC(CCCC)OC(=O)CS. The molecule has 0 aromatic heterocycles. The second-order valence-electron chi connectivity index (χ2n) is 4.26. The van der Waals surface area contributed by atoms with Crippen LogP contribution in [0.25, 0.3) is 0 Å². The van der Waals surface area contributed by atoms with E-state index in [9.17, 15) is 4.79 Å². The number of thiol groups is 1. The molecule has 0 spiro atoms. The molecular formula is C13H26O2S. The zero-order chi connectivity index (χ0) is 12.2. The Morgan fingerprint density at radius 2 is 1.69 bits per heavy atom. The first kappa shape index (κ1) is 15.8. The Hall–Kier alpha value is -0.180. The Labute approximate surface area is 106 Å². The van der Waals surface area contributed by atoms with Crippen molar-refractivity contribution in [2.24, 2.45) is 0 Å². The fourth-order valence-electron chi connectivity index (χ4n) is 1.72. The molecule has 3 heteroatoms. The minimum atomic E-state index is -0.181. The lowest BCUT2D eigenvalue weighted by Gasteiger charge is -2.17. The molecule has 2 nitrogen and oxygen atoms in total. The van der Waals surface area contributed by atoms with Crippen LogP contribution in [0.2, 0.25) is 0 Å². The largest absolute Gasteiger partial charge is 0.462 e. The molecule has 16 heavy (non-hydrogen) atoms. The Morgan fingerprint density at radius 3 is 2.25 bits per heavy atom. The zero-order valence-corrected chi connectivity index (χ0v) is 11.6. The van der Waals surface area contributed by atoms with Crippen molar-refractivity contribution in [1.29, 1.82) is 0 Å². The number of carbonyl (C=O) groups is 1. The average Bonchev–Trinajstić information content (AvgIpc) is 2.30. The van der Waals surface area contributed by atoms with E-state index in [-0.39, 0.29) is 17.8 Å². The fourth-order valence-corrected chi connectivity index (χ4v) is 1.79. The highest BCUT2D eigenvalue weighted by Crippen LogP contribution is 2.14. The van der Waals surface area contributed by atoms with E-state index in [4.69, 9.17) is 4.74 Å². The van der Waals surface area contributed by atoms with Crippen molar-refractivity contribution in [1.82, 2.24) is 0 Å². The van der Waals surface area contributed by atoms with Crippen LogP contribution in [0.3, 0.4) is 0 Å². The highest BCUT2D eigenvalue weighted by Gasteiger charge is 2.12. The van der Waals surface area contributed by atoms with Gasteiger partial charge in [0, 0.05) is 0 Å². The second-order valence-corrected chi connectivity index (χ2v) is 4.58. The zero-order valence-electron chi connectivity index (χ0n) is 10.7. The van der Waals surface area contributed by atoms with E-state index in [1.807, 2.05) is 0 Å². The third-order valence-corrected chi connectivity index (χ3v) is 2.94. The highest BCUT2D eigenvalue weighted by molar-refractivity contribution is 7.81. The Morgan fingerprint density at radius 1 is 1.06 bits per heavy atom. The maximum absolute atomic E-state index is 11.2. The van der Waals surface area contributed by atoms with Gasteiger partial charge < -0.3 is 4.74 Å². The van der Waals surface area contributed by atoms with E-state index in [0.717, 1.165) is 25.7 Å². The van der Waals surface area contributed by atoms with Crippen molar-refractivity contribution in [3.05, 3.63) is 0 Å². The molecule has 0 saturated heterocycles. The molecule has 1 unspecified atom stereocenters. The first-order chi connectivity index (χ1) is 7.74. The van der Waals surface area contributed by atoms with Crippen LogP contribution >= 0.6 is 12.6 Å². The van der Waals surface area contributed by atoms with Gasteiger partial charge in [-0.3, -0.25) is 4.79 Å². The fraction of sp³-hybridized carbons (Fsp3) is 0.923. The predicted octanol–water partition coefficient (Wildman–Crippen LogP) is 3.99. The van der Waals surface area contributed by atoms with Crippen LogP contribution in [0, 0.1) is 0 Å². The molecule has 0 rings (SSSR count). The Kier molecular flexibility index (Phi) is 11.2. The summed E-state index contributed by atoms with van der Waals surface area (Å²) in [6.45, 7) is 4.37. The molecule has 0 N–H and O–H groups in total. The van der Waals surface area contributed by atoms with Crippen LogP contribution in [0.15, 0.2) is 0 Å². The Bertz CT molecular complexity index is 171. The van der Waals surface area contributed by atoms with Gasteiger partial charge in [0.15, 0.2) is 0 Å². The number of ether oxygens (including phenoxy) is 1. The molecule has 0 fully saturated rings. The number of rotatable bonds is 10. The van der Waals surface area contributed by atoms with Crippen molar-refractivity contribution in [3.63, 3.8) is 0 Å². The third-order valence-electron chi connectivity index (χ3n) is 2.69. The first-order valence-electron chi connectivity index (χ1n) is 6.54. The predicted molar refractivity (Wildman–Crippen MR) is 72.0 cm³/mol. The van der Waals surface area contributed by atoms with E-state index in [0.29, 0.717) is 0 Å². The molecular weight excluding hydrogens is 220 g/mol. The average molecular weight is 246 g/mol. The van der Waals surface area contributed by atoms with Gasteiger partial charge in [0.2, 0.25) is 0 Å². The van der Waals surface area contributed by atoms with E-state index in [1.54, 1.807) is 0 Å². The highest BCUT2D eigenvalue weighted by atomic mass is 32.1. The summed E-state index contributed by atoms with van der Waals surface area (Å²) in [6.07, 6.45) is 9.37. The van der Waals surface area contributed by atoms with Crippen LogP contribution in [0.4, 0.5) is 0 Å². The lowest BCUT2D eigenvalue weighted by molar-refractivity contribution is -0.146. The van der Waals surface area contributed by atoms with Gasteiger partial charge in [-0.25, -0.2) is 0 Å². The van der Waals surface area contributed by atoms with Crippen LogP contribution in [0.1, 0.15) is 65.2 Å². The summed E-state index contributed by atoms with van der Waals surface area (Å²) >= 11 is 3.93. The van der Waals surface area contributed by atoms with Gasteiger partial charge in [-0.1, -0.05) is 46.0 Å². The van der Waals surface area contributed by atoms with Gasteiger partial charge in [-0.15, -0.1) is 0 Å². The molecule has 96 valence electrons. The van der Waals surface area contributed by atoms with Crippen molar-refractivity contribution in [3.8, 4) is 0 Å². The number of unbranched alkanes of at least 4 members (excludes halogenated alkanes) is 4. The third kappa shape index (κ3) is 9.08. The van der Waals surface area contributed by atoms with Crippen molar-refractivity contribution in [2.45, 2.75) is 71.3 Å². The maximum Gasteiger partial charge on any atom is 0.315 e. The lowest BCUT2D eigenvalue weighted by Crippen LogP contribution is -2.19. The van der Waals surface area contributed by atoms with Crippen molar-refractivity contribution >= 4 is 18.6 Å². The van der Waals surface area contributed by atoms with E-state index < -0.39 is 0 Å². The summed E-state index contributed by atoms with van der Waals surface area (Å²) in [5, 5.41) is 0. The molecule has 0 amide bonds. The van der Waals surface area contributed by atoms with Gasteiger partial charge in [-0.05, 0) is 19.3 Å². The molecule has 0 aromatic rings.